The number of thiophene rings is 1. The van der Waals surface area contributed by atoms with Crippen LogP contribution < -0.4 is 0 Å². The quantitative estimate of drug-likeness (QED) is 0.774. The first kappa shape index (κ1) is 11.2. The molecule has 5 heteroatoms. The highest BCUT2D eigenvalue weighted by atomic mass is 32.2. The lowest BCUT2D eigenvalue weighted by Crippen LogP contribution is -1.77. The summed E-state index contributed by atoms with van der Waals surface area (Å²) in [6, 6.07) is 4.71. The van der Waals surface area contributed by atoms with Crippen LogP contribution in [0.15, 0.2) is 12.1 Å². The van der Waals surface area contributed by atoms with Gasteiger partial charge in [0.05, 0.1) is 9.16 Å². The fourth-order valence-corrected chi connectivity index (χ4v) is 9.09. The molecular weight excluding hydrogens is 280 g/mol. The predicted molar refractivity (Wildman–Crippen MR) is 79.6 cm³/mol. The molecule has 3 heterocycles. The van der Waals surface area contributed by atoms with E-state index in [1.165, 1.54) is 23.0 Å². The van der Waals surface area contributed by atoms with Crippen molar-refractivity contribution < 1.29 is 0 Å². The summed E-state index contributed by atoms with van der Waals surface area (Å²) in [5.74, 6) is 5.32. The molecule has 2 fully saturated rings. The largest absolute Gasteiger partial charge is 0.141 e. The Kier molecular flexibility index (Phi) is 3.86. The van der Waals surface area contributed by atoms with Gasteiger partial charge in [0, 0.05) is 32.8 Å². The molecule has 2 saturated heterocycles. The molecule has 0 N–H and O–H groups in total. The first-order valence-electron chi connectivity index (χ1n) is 4.99. The molecule has 0 atom stereocenters. The number of rotatable bonds is 2. The zero-order chi connectivity index (χ0) is 10.1. The minimum atomic E-state index is 0.736. The van der Waals surface area contributed by atoms with Gasteiger partial charge in [-0.25, -0.2) is 0 Å². The van der Waals surface area contributed by atoms with E-state index in [0.29, 0.717) is 0 Å². The molecule has 82 valence electrons. The Hall–Kier alpha value is 1.10. The van der Waals surface area contributed by atoms with Gasteiger partial charge >= 0.3 is 0 Å². The Labute approximate surface area is 112 Å². The summed E-state index contributed by atoms with van der Waals surface area (Å²) in [4.78, 5) is 3.18. The van der Waals surface area contributed by atoms with Gasteiger partial charge in [-0.1, -0.05) is 0 Å². The monoisotopic (exact) mass is 292 g/mol. The van der Waals surface area contributed by atoms with Crippen LogP contribution >= 0.6 is 58.4 Å². The van der Waals surface area contributed by atoms with Gasteiger partial charge in [-0.2, -0.15) is 0 Å². The number of hydrogen-bond donors (Lipinski definition) is 0. The summed E-state index contributed by atoms with van der Waals surface area (Å²) < 4.78 is 1.47. The van der Waals surface area contributed by atoms with Crippen molar-refractivity contribution in [2.75, 3.05) is 23.0 Å². The van der Waals surface area contributed by atoms with Crippen LogP contribution in [0.5, 0.6) is 0 Å². The third kappa shape index (κ3) is 2.51. The summed E-state index contributed by atoms with van der Waals surface area (Å²) >= 11 is 10.5. The third-order valence-electron chi connectivity index (χ3n) is 2.36. The molecule has 1 aromatic heterocycles. The Balaban J connectivity index is 1.74. The first-order valence-corrected chi connectivity index (χ1v) is 10.0. The van der Waals surface area contributed by atoms with E-state index >= 15 is 0 Å². The molecule has 0 radical (unpaired) electrons. The van der Waals surface area contributed by atoms with E-state index in [4.69, 9.17) is 0 Å². The number of thioether (sulfide) groups is 4. The summed E-state index contributed by atoms with van der Waals surface area (Å²) in [5, 5.41) is 0. The Morgan fingerprint density at radius 2 is 1.13 bits per heavy atom. The maximum Gasteiger partial charge on any atom is 0.0844 e. The minimum absolute atomic E-state index is 0.736. The van der Waals surface area contributed by atoms with Gasteiger partial charge in [0.25, 0.3) is 0 Å². The molecule has 0 aliphatic carbocycles. The van der Waals surface area contributed by atoms with Crippen LogP contribution in [0, 0.1) is 0 Å². The van der Waals surface area contributed by atoms with E-state index in [1.807, 2.05) is 11.3 Å². The molecule has 1 aromatic rings. The smallest absolute Gasteiger partial charge is 0.0844 e. The Bertz CT molecular complexity index is 292. The van der Waals surface area contributed by atoms with Crippen molar-refractivity contribution in [2.24, 2.45) is 0 Å². The van der Waals surface area contributed by atoms with Gasteiger partial charge in [0.15, 0.2) is 0 Å². The topological polar surface area (TPSA) is 0 Å². The van der Waals surface area contributed by atoms with Crippen molar-refractivity contribution in [3.63, 3.8) is 0 Å². The van der Waals surface area contributed by atoms with Crippen LogP contribution in [0.1, 0.15) is 18.9 Å². The fourth-order valence-electron chi connectivity index (χ4n) is 1.67. The van der Waals surface area contributed by atoms with Crippen molar-refractivity contribution in [1.29, 1.82) is 0 Å². The van der Waals surface area contributed by atoms with Crippen molar-refractivity contribution >= 4 is 58.4 Å². The lowest BCUT2D eigenvalue weighted by molar-refractivity contribution is 1.50. The highest BCUT2D eigenvalue weighted by Gasteiger charge is 2.24. The van der Waals surface area contributed by atoms with E-state index in [1.54, 1.807) is 9.75 Å². The van der Waals surface area contributed by atoms with Crippen molar-refractivity contribution in [1.82, 2.24) is 0 Å². The maximum atomic E-state index is 2.36. The highest BCUT2D eigenvalue weighted by Crippen LogP contribution is 2.52. The van der Waals surface area contributed by atoms with Crippen molar-refractivity contribution in [3.05, 3.63) is 21.9 Å². The average Bonchev–Trinajstić information content (AvgIpc) is 3.02. The van der Waals surface area contributed by atoms with Gasteiger partial charge in [-0.3, -0.25) is 0 Å². The molecule has 15 heavy (non-hydrogen) atoms. The van der Waals surface area contributed by atoms with E-state index in [0.717, 1.165) is 9.16 Å². The fraction of sp³-hybridized carbons (Fsp3) is 0.600. The zero-order valence-corrected chi connectivity index (χ0v) is 12.3. The maximum absolute atomic E-state index is 2.36. The molecule has 0 amide bonds. The van der Waals surface area contributed by atoms with Crippen molar-refractivity contribution in [2.45, 2.75) is 9.16 Å². The molecule has 0 unspecified atom stereocenters. The molecule has 3 rings (SSSR count). The molecule has 0 saturated carbocycles. The second kappa shape index (κ2) is 5.17. The predicted octanol–water partition coefficient (Wildman–Crippen LogP) is 4.71. The van der Waals surface area contributed by atoms with E-state index in [-0.39, 0.29) is 0 Å². The summed E-state index contributed by atoms with van der Waals surface area (Å²) in [6.07, 6.45) is 0. The lowest BCUT2D eigenvalue weighted by Gasteiger charge is -2.05. The normalized spacial score (nSPS) is 24.0. The van der Waals surface area contributed by atoms with Crippen LogP contribution in [0.4, 0.5) is 0 Å². The summed E-state index contributed by atoms with van der Waals surface area (Å²) in [5.41, 5.74) is 0. The van der Waals surface area contributed by atoms with Gasteiger partial charge in [-0.15, -0.1) is 58.4 Å². The standard InChI is InChI=1S/C10H12S5/c1-2-8(10-13-5-6-14-10)15-7(1)9-11-3-4-12-9/h1-2,9-10H,3-6H2. The first-order chi connectivity index (χ1) is 7.43. The summed E-state index contributed by atoms with van der Waals surface area (Å²) in [7, 11) is 0. The van der Waals surface area contributed by atoms with Crippen LogP contribution in [0.2, 0.25) is 0 Å². The molecule has 0 aromatic carbocycles. The molecule has 0 nitrogen and oxygen atoms in total. The van der Waals surface area contributed by atoms with E-state index in [9.17, 15) is 0 Å². The lowest BCUT2D eigenvalue weighted by atomic mass is 10.4. The number of hydrogen-bond acceptors (Lipinski definition) is 5. The average molecular weight is 293 g/mol. The van der Waals surface area contributed by atoms with Crippen LogP contribution in [0.25, 0.3) is 0 Å². The van der Waals surface area contributed by atoms with E-state index < -0.39 is 0 Å². The Morgan fingerprint density at radius 1 is 0.733 bits per heavy atom. The molecule has 2 aliphatic heterocycles. The molecular formula is C10H12S5. The molecule has 2 aliphatic rings. The van der Waals surface area contributed by atoms with Gasteiger partial charge in [-0.05, 0) is 12.1 Å². The molecule has 0 spiro atoms. The zero-order valence-electron chi connectivity index (χ0n) is 8.18. The SMILES string of the molecule is c1cc(C2SCCS2)sc1C1SCCS1. The molecule has 0 bridgehead atoms. The highest BCUT2D eigenvalue weighted by molar-refractivity contribution is 8.20. The van der Waals surface area contributed by atoms with Crippen LogP contribution in [0.3, 0.4) is 0 Å². The van der Waals surface area contributed by atoms with Crippen molar-refractivity contribution in [3.8, 4) is 0 Å². The second-order valence-electron chi connectivity index (χ2n) is 3.39. The van der Waals surface area contributed by atoms with Gasteiger partial charge < -0.3 is 0 Å². The second-order valence-corrected chi connectivity index (χ2v) is 9.98. The van der Waals surface area contributed by atoms with Gasteiger partial charge in [0.1, 0.15) is 0 Å². The minimum Gasteiger partial charge on any atom is -0.141 e. The third-order valence-corrected chi connectivity index (χ3v) is 10.3. The Morgan fingerprint density at radius 3 is 1.53 bits per heavy atom. The van der Waals surface area contributed by atoms with E-state index in [2.05, 4.69) is 59.2 Å². The van der Waals surface area contributed by atoms with Crippen LogP contribution in [-0.2, 0) is 0 Å². The summed E-state index contributed by atoms with van der Waals surface area (Å²) in [6.45, 7) is 0. The van der Waals surface area contributed by atoms with Crippen LogP contribution in [-0.4, -0.2) is 23.0 Å². The van der Waals surface area contributed by atoms with Gasteiger partial charge in [0.2, 0.25) is 0 Å².